The fraction of sp³-hybridized carbons (Fsp3) is 0.667. The van der Waals surface area contributed by atoms with E-state index < -0.39 is 0 Å². The largest absolute Gasteiger partial charge is 0.370 e. The number of aryl methyl sites for hydroxylation is 1. The van der Waals surface area contributed by atoms with Crippen LogP contribution >= 0.6 is 0 Å². The molecule has 1 fully saturated rings. The summed E-state index contributed by atoms with van der Waals surface area (Å²) in [6, 6.07) is 4.21. The molecule has 0 saturated carbocycles. The van der Waals surface area contributed by atoms with Gasteiger partial charge < -0.3 is 10.2 Å². The van der Waals surface area contributed by atoms with Crippen molar-refractivity contribution in [1.82, 2.24) is 10.3 Å². The average molecular weight is 247 g/mol. The van der Waals surface area contributed by atoms with E-state index in [2.05, 4.69) is 49.0 Å². The van der Waals surface area contributed by atoms with Gasteiger partial charge in [-0.25, -0.2) is 0 Å². The number of nitrogens with zero attached hydrogens (tertiary/aromatic N) is 2. The Hall–Kier alpha value is -1.09. The molecule has 0 bridgehead atoms. The lowest BCUT2D eigenvalue weighted by Crippen LogP contribution is -2.39. The van der Waals surface area contributed by atoms with Gasteiger partial charge in [-0.05, 0) is 52.2 Å². The number of rotatable bonds is 3. The van der Waals surface area contributed by atoms with Gasteiger partial charge in [0.2, 0.25) is 0 Å². The summed E-state index contributed by atoms with van der Waals surface area (Å²) < 4.78 is 0. The molecule has 1 saturated heterocycles. The Morgan fingerprint density at radius 2 is 2.22 bits per heavy atom. The molecule has 1 N–H and O–H groups in total. The summed E-state index contributed by atoms with van der Waals surface area (Å²) in [6.45, 7) is 12.2. The van der Waals surface area contributed by atoms with Gasteiger partial charge in [0.15, 0.2) is 0 Å². The normalized spacial score (nSPS) is 20.4. The highest BCUT2D eigenvalue weighted by molar-refractivity contribution is 5.50. The first kappa shape index (κ1) is 13.3. The van der Waals surface area contributed by atoms with Gasteiger partial charge in [-0.15, -0.1) is 0 Å². The molecule has 0 radical (unpaired) electrons. The van der Waals surface area contributed by atoms with E-state index in [0.717, 1.165) is 31.2 Å². The quantitative estimate of drug-likeness (QED) is 0.890. The lowest BCUT2D eigenvalue weighted by molar-refractivity contribution is 0.383. The van der Waals surface area contributed by atoms with Gasteiger partial charge in [-0.1, -0.05) is 0 Å². The van der Waals surface area contributed by atoms with Crippen LogP contribution in [0.4, 0.5) is 5.69 Å². The molecular formula is C15H25N3. The number of pyridine rings is 1. The molecule has 0 aromatic carbocycles. The van der Waals surface area contributed by atoms with Crippen molar-refractivity contribution in [3.63, 3.8) is 0 Å². The molecule has 3 nitrogen and oxygen atoms in total. The van der Waals surface area contributed by atoms with E-state index in [1.54, 1.807) is 0 Å². The van der Waals surface area contributed by atoms with Crippen molar-refractivity contribution in [3.8, 4) is 0 Å². The summed E-state index contributed by atoms with van der Waals surface area (Å²) in [5.41, 5.74) is 2.66. The van der Waals surface area contributed by atoms with Crippen LogP contribution in [-0.2, 0) is 0 Å². The minimum absolute atomic E-state index is 0.220. The first-order valence-electron chi connectivity index (χ1n) is 6.87. The summed E-state index contributed by atoms with van der Waals surface area (Å²) in [6.07, 6.45) is 3.14. The van der Waals surface area contributed by atoms with E-state index in [1.807, 2.05) is 12.3 Å². The van der Waals surface area contributed by atoms with Crippen LogP contribution in [0.25, 0.3) is 0 Å². The second-order valence-corrected chi connectivity index (χ2v) is 6.34. The van der Waals surface area contributed by atoms with Crippen molar-refractivity contribution in [1.29, 1.82) is 0 Å². The van der Waals surface area contributed by atoms with Crippen LogP contribution in [0, 0.1) is 12.8 Å². The second-order valence-electron chi connectivity index (χ2n) is 6.34. The Morgan fingerprint density at radius 3 is 2.89 bits per heavy atom. The van der Waals surface area contributed by atoms with Crippen molar-refractivity contribution in [3.05, 3.63) is 24.0 Å². The smallest absolute Gasteiger partial charge is 0.0605 e. The monoisotopic (exact) mass is 247 g/mol. The number of anilines is 1. The van der Waals surface area contributed by atoms with Crippen molar-refractivity contribution < 1.29 is 0 Å². The molecule has 2 heterocycles. The van der Waals surface area contributed by atoms with Crippen LogP contribution < -0.4 is 10.2 Å². The summed E-state index contributed by atoms with van der Waals surface area (Å²) in [5.74, 6) is 0.754. The second kappa shape index (κ2) is 5.27. The summed E-state index contributed by atoms with van der Waals surface area (Å²) in [5, 5.41) is 3.61. The SMILES string of the molecule is Cc1ncccc1N1CCC(CNC(C)(C)C)C1. The minimum atomic E-state index is 0.220. The fourth-order valence-corrected chi connectivity index (χ4v) is 2.48. The molecule has 18 heavy (non-hydrogen) atoms. The summed E-state index contributed by atoms with van der Waals surface area (Å²) in [7, 11) is 0. The molecule has 1 aliphatic heterocycles. The van der Waals surface area contributed by atoms with Crippen LogP contribution in [0.3, 0.4) is 0 Å². The predicted molar refractivity (Wildman–Crippen MR) is 77.0 cm³/mol. The molecule has 1 aromatic heterocycles. The average Bonchev–Trinajstić information content (AvgIpc) is 2.75. The number of nitrogens with one attached hydrogen (secondary N) is 1. The molecule has 0 aliphatic carbocycles. The first-order chi connectivity index (χ1) is 8.46. The van der Waals surface area contributed by atoms with Crippen molar-refractivity contribution in [2.24, 2.45) is 5.92 Å². The Bertz CT molecular complexity index is 395. The van der Waals surface area contributed by atoms with E-state index in [1.165, 1.54) is 12.1 Å². The topological polar surface area (TPSA) is 28.2 Å². The summed E-state index contributed by atoms with van der Waals surface area (Å²) in [4.78, 5) is 6.85. The van der Waals surface area contributed by atoms with Gasteiger partial charge in [0.1, 0.15) is 0 Å². The van der Waals surface area contributed by atoms with E-state index >= 15 is 0 Å². The van der Waals surface area contributed by atoms with Gasteiger partial charge in [0.25, 0.3) is 0 Å². The van der Waals surface area contributed by atoms with E-state index in [0.29, 0.717) is 0 Å². The number of aromatic nitrogens is 1. The van der Waals surface area contributed by atoms with Crippen LogP contribution in [0.1, 0.15) is 32.9 Å². The fourth-order valence-electron chi connectivity index (χ4n) is 2.48. The van der Waals surface area contributed by atoms with Crippen molar-refractivity contribution in [2.75, 3.05) is 24.5 Å². The molecule has 100 valence electrons. The molecular weight excluding hydrogens is 222 g/mol. The Balaban J connectivity index is 1.91. The third-order valence-corrected chi connectivity index (χ3v) is 3.53. The zero-order valence-electron chi connectivity index (χ0n) is 12.0. The molecule has 0 spiro atoms. The Kier molecular flexibility index (Phi) is 3.91. The van der Waals surface area contributed by atoms with E-state index in [9.17, 15) is 0 Å². The maximum atomic E-state index is 4.38. The van der Waals surface area contributed by atoms with E-state index in [4.69, 9.17) is 0 Å². The third kappa shape index (κ3) is 3.45. The number of hydrogen-bond acceptors (Lipinski definition) is 3. The molecule has 1 unspecified atom stereocenters. The van der Waals surface area contributed by atoms with Gasteiger partial charge in [0.05, 0.1) is 11.4 Å². The minimum Gasteiger partial charge on any atom is -0.370 e. The molecule has 1 atom stereocenters. The van der Waals surface area contributed by atoms with Crippen LogP contribution in [0.15, 0.2) is 18.3 Å². The lowest BCUT2D eigenvalue weighted by atomic mass is 10.1. The molecule has 1 aliphatic rings. The highest BCUT2D eigenvalue weighted by Crippen LogP contribution is 2.25. The van der Waals surface area contributed by atoms with Gasteiger partial charge in [-0.2, -0.15) is 0 Å². The van der Waals surface area contributed by atoms with Crippen molar-refractivity contribution >= 4 is 5.69 Å². The predicted octanol–water partition coefficient (Wildman–Crippen LogP) is 2.60. The Morgan fingerprint density at radius 1 is 1.44 bits per heavy atom. The summed E-state index contributed by atoms with van der Waals surface area (Å²) >= 11 is 0. The lowest BCUT2D eigenvalue weighted by Gasteiger charge is -2.24. The Labute approximate surface area is 111 Å². The maximum absolute atomic E-state index is 4.38. The van der Waals surface area contributed by atoms with Gasteiger partial charge in [0, 0.05) is 31.4 Å². The standard InChI is InChI=1S/C15H25N3/c1-12-14(6-5-8-16-12)18-9-7-13(11-18)10-17-15(2,3)4/h5-6,8,13,17H,7,9-11H2,1-4H3. The highest BCUT2D eigenvalue weighted by atomic mass is 15.2. The molecule has 3 heteroatoms. The van der Waals surface area contributed by atoms with Crippen LogP contribution in [0.5, 0.6) is 0 Å². The molecule has 0 amide bonds. The highest BCUT2D eigenvalue weighted by Gasteiger charge is 2.24. The van der Waals surface area contributed by atoms with E-state index in [-0.39, 0.29) is 5.54 Å². The first-order valence-corrected chi connectivity index (χ1v) is 6.87. The third-order valence-electron chi connectivity index (χ3n) is 3.53. The maximum Gasteiger partial charge on any atom is 0.0605 e. The molecule has 1 aromatic rings. The van der Waals surface area contributed by atoms with Gasteiger partial charge >= 0.3 is 0 Å². The zero-order valence-corrected chi connectivity index (χ0v) is 12.0. The van der Waals surface area contributed by atoms with Crippen molar-refractivity contribution in [2.45, 2.75) is 39.7 Å². The zero-order chi connectivity index (χ0) is 13.2. The van der Waals surface area contributed by atoms with Crippen LogP contribution in [0.2, 0.25) is 0 Å². The number of hydrogen-bond donors (Lipinski definition) is 1. The van der Waals surface area contributed by atoms with Crippen LogP contribution in [-0.4, -0.2) is 30.2 Å². The molecule has 2 rings (SSSR count). The van der Waals surface area contributed by atoms with Gasteiger partial charge in [-0.3, -0.25) is 4.98 Å².